The van der Waals surface area contributed by atoms with Gasteiger partial charge in [-0.2, -0.15) is 4.98 Å². The molecule has 2 rings (SSSR count). The summed E-state index contributed by atoms with van der Waals surface area (Å²) in [6.45, 7) is 2.66. The molecule has 18 heavy (non-hydrogen) atoms. The number of aromatic nitrogens is 2. The van der Waals surface area contributed by atoms with Crippen LogP contribution in [0.5, 0.6) is 5.88 Å². The predicted molar refractivity (Wildman–Crippen MR) is 71.7 cm³/mol. The molecule has 0 spiro atoms. The Hall–Kier alpha value is -1.16. The van der Waals surface area contributed by atoms with E-state index in [1.54, 1.807) is 0 Å². The van der Waals surface area contributed by atoms with Crippen molar-refractivity contribution in [2.45, 2.75) is 58.1 Å². The Balaban J connectivity index is 2.08. The van der Waals surface area contributed by atoms with Gasteiger partial charge in [0, 0.05) is 18.3 Å². The van der Waals surface area contributed by atoms with E-state index in [1.165, 1.54) is 25.7 Å². The summed E-state index contributed by atoms with van der Waals surface area (Å²) in [5.41, 5.74) is 1.05. The van der Waals surface area contributed by atoms with Gasteiger partial charge in [0.05, 0.1) is 0 Å². The second-order valence-corrected chi connectivity index (χ2v) is 5.01. The van der Waals surface area contributed by atoms with E-state index in [0.717, 1.165) is 36.7 Å². The molecular weight excluding hydrogens is 226 g/mol. The highest BCUT2D eigenvalue weighted by atomic mass is 16.5. The van der Waals surface area contributed by atoms with E-state index < -0.39 is 0 Å². The van der Waals surface area contributed by atoms with Gasteiger partial charge < -0.3 is 10.1 Å². The minimum Gasteiger partial charge on any atom is -0.474 e. The zero-order valence-corrected chi connectivity index (χ0v) is 11.4. The zero-order valence-electron chi connectivity index (χ0n) is 11.4. The van der Waals surface area contributed by atoms with Gasteiger partial charge in [0.15, 0.2) is 0 Å². The fourth-order valence-electron chi connectivity index (χ4n) is 2.41. The molecule has 1 aromatic rings. The van der Waals surface area contributed by atoms with Gasteiger partial charge in [0.25, 0.3) is 0 Å². The van der Waals surface area contributed by atoms with Crippen molar-refractivity contribution < 1.29 is 4.74 Å². The molecule has 1 N–H and O–H groups in total. The Labute approximate surface area is 109 Å². The first kappa shape index (κ1) is 13.3. The SMILES string of the molecule is CNCc1cnc(C)nc1OC1CCCCCC1. The number of nitrogens with one attached hydrogen (secondary N) is 1. The number of rotatable bonds is 4. The fraction of sp³-hybridized carbons (Fsp3) is 0.714. The van der Waals surface area contributed by atoms with Crippen LogP contribution in [0, 0.1) is 6.92 Å². The predicted octanol–water partition coefficient (Wildman–Crippen LogP) is 2.61. The van der Waals surface area contributed by atoms with Crippen LogP contribution >= 0.6 is 0 Å². The Morgan fingerprint density at radius 3 is 2.67 bits per heavy atom. The molecule has 1 aliphatic rings. The third kappa shape index (κ3) is 3.67. The van der Waals surface area contributed by atoms with Crippen molar-refractivity contribution in [2.75, 3.05) is 7.05 Å². The summed E-state index contributed by atoms with van der Waals surface area (Å²) in [5, 5.41) is 3.13. The summed E-state index contributed by atoms with van der Waals surface area (Å²) in [7, 11) is 1.93. The summed E-state index contributed by atoms with van der Waals surface area (Å²) in [6, 6.07) is 0. The van der Waals surface area contributed by atoms with Crippen molar-refractivity contribution >= 4 is 0 Å². The van der Waals surface area contributed by atoms with Crippen molar-refractivity contribution in [1.29, 1.82) is 0 Å². The van der Waals surface area contributed by atoms with Crippen LogP contribution in [0.4, 0.5) is 0 Å². The van der Waals surface area contributed by atoms with Crippen LogP contribution in [0.2, 0.25) is 0 Å². The number of hydrogen-bond acceptors (Lipinski definition) is 4. The quantitative estimate of drug-likeness (QED) is 0.833. The molecule has 0 saturated heterocycles. The van der Waals surface area contributed by atoms with Gasteiger partial charge in [0.2, 0.25) is 5.88 Å². The van der Waals surface area contributed by atoms with Crippen molar-refractivity contribution in [3.8, 4) is 5.88 Å². The van der Waals surface area contributed by atoms with Gasteiger partial charge in [0.1, 0.15) is 11.9 Å². The van der Waals surface area contributed by atoms with Gasteiger partial charge >= 0.3 is 0 Å². The highest BCUT2D eigenvalue weighted by Crippen LogP contribution is 2.23. The second-order valence-electron chi connectivity index (χ2n) is 5.01. The molecule has 1 saturated carbocycles. The van der Waals surface area contributed by atoms with Crippen LogP contribution in [0.1, 0.15) is 49.9 Å². The van der Waals surface area contributed by atoms with Crippen LogP contribution in [0.15, 0.2) is 6.20 Å². The molecule has 0 atom stereocenters. The number of nitrogens with zero attached hydrogens (tertiary/aromatic N) is 2. The molecule has 4 nitrogen and oxygen atoms in total. The molecule has 0 aromatic carbocycles. The summed E-state index contributed by atoms with van der Waals surface area (Å²) < 4.78 is 6.11. The second kappa shape index (κ2) is 6.69. The molecule has 1 heterocycles. The van der Waals surface area contributed by atoms with Gasteiger partial charge in [-0.1, -0.05) is 12.8 Å². The minimum atomic E-state index is 0.331. The van der Waals surface area contributed by atoms with Crippen molar-refractivity contribution in [2.24, 2.45) is 0 Å². The third-order valence-corrected chi connectivity index (χ3v) is 3.39. The van der Waals surface area contributed by atoms with Gasteiger partial charge in [-0.25, -0.2) is 4.98 Å². The molecule has 0 unspecified atom stereocenters. The highest BCUT2D eigenvalue weighted by Gasteiger charge is 2.16. The molecule has 100 valence electrons. The molecular formula is C14H23N3O. The maximum atomic E-state index is 6.11. The number of aryl methyl sites for hydroxylation is 1. The summed E-state index contributed by atoms with van der Waals surface area (Å²) in [6.07, 6.45) is 9.73. The Morgan fingerprint density at radius 2 is 2.00 bits per heavy atom. The highest BCUT2D eigenvalue weighted by molar-refractivity contribution is 5.23. The maximum absolute atomic E-state index is 6.11. The van der Waals surface area contributed by atoms with Crippen LogP contribution in [0.3, 0.4) is 0 Å². The molecule has 1 aliphatic carbocycles. The summed E-state index contributed by atoms with van der Waals surface area (Å²) in [5.74, 6) is 1.54. The smallest absolute Gasteiger partial charge is 0.221 e. The minimum absolute atomic E-state index is 0.331. The van der Waals surface area contributed by atoms with E-state index in [4.69, 9.17) is 4.74 Å². The Kier molecular flexibility index (Phi) is 4.93. The first-order valence-corrected chi connectivity index (χ1v) is 6.93. The molecule has 0 amide bonds. The van der Waals surface area contributed by atoms with E-state index in [2.05, 4.69) is 15.3 Å². The van der Waals surface area contributed by atoms with Gasteiger partial charge in [-0.05, 0) is 39.7 Å². The first-order chi connectivity index (χ1) is 8.79. The third-order valence-electron chi connectivity index (χ3n) is 3.39. The normalized spacial score (nSPS) is 17.4. The molecule has 1 aromatic heterocycles. The van der Waals surface area contributed by atoms with Crippen LogP contribution in [-0.4, -0.2) is 23.1 Å². The lowest BCUT2D eigenvalue weighted by molar-refractivity contribution is 0.173. The molecule has 0 aliphatic heterocycles. The fourth-order valence-corrected chi connectivity index (χ4v) is 2.41. The number of ether oxygens (including phenoxy) is 1. The van der Waals surface area contributed by atoms with Crippen LogP contribution in [-0.2, 0) is 6.54 Å². The van der Waals surface area contributed by atoms with Crippen LogP contribution in [0.25, 0.3) is 0 Å². The average Bonchev–Trinajstić information content (AvgIpc) is 2.61. The lowest BCUT2D eigenvalue weighted by atomic mass is 10.1. The summed E-state index contributed by atoms with van der Waals surface area (Å²) in [4.78, 5) is 8.68. The monoisotopic (exact) mass is 249 g/mol. The lowest BCUT2D eigenvalue weighted by Gasteiger charge is -2.18. The van der Waals surface area contributed by atoms with Crippen molar-refractivity contribution in [1.82, 2.24) is 15.3 Å². The Bertz CT molecular complexity index is 373. The van der Waals surface area contributed by atoms with Crippen molar-refractivity contribution in [3.05, 3.63) is 17.6 Å². The summed E-state index contributed by atoms with van der Waals surface area (Å²) >= 11 is 0. The van der Waals surface area contributed by atoms with E-state index in [-0.39, 0.29) is 0 Å². The first-order valence-electron chi connectivity index (χ1n) is 6.93. The topological polar surface area (TPSA) is 47.0 Å². The molecule has 1 fully saturated rings. The lowest BCUT2D eigenvalue weighted by Crippen LogP contribution is -2.18. The Morgan fingerprint density at radius 1 is 1.28 bits per heavy atom. The maximum Gasteiger partial charge on any atom is 0.221 e. The van der Waals surface area contributed by atoms with E-state index in [0.29, 0.717) is 6.10 Å². The van der Waals surface area contributed by atoms with Crippen molar-refractivity contribution in [3.63, 3.8) is 0 Å². The zero-order chi connectivity index (χ0) is 12.8. The largest absolute Gasteiger partial charge is 0.474 e. The molecule has 0 radical (unpaired) electrons. The van der Waals surface area contributed by atoms with E-state index in [9.17, 15) is 0 Å². The number of hydrogen-bond donors (Lipinski definition) is 1. The molecule has 4 heteroatoms. The van der Waals surface area contributed by atoms with E-state index >= 15 is 0 Å². The molecule has 0 bridgehead atoms. The average molecular weight is 249 g/mol. The standard InChI is InChI=1S/C14H23N3O/c1-11-16-10-12(9-15-2)14(17-11)18-13-7-5-3-4-6-8-13/h10,13,15H,3-9H2,1-2H3. The van der Waals surface area contributed by atoms with Gasteiger partial charge in [-0.15, -0.1) is 0 Å². The van der Waals surface area contributed by atoms with E-state index in [1.807, 2.05) is 20.2 Å². The van der Waals surface area contributed by atoms with Crippen LogP contribution < -0.4 is 10.1 Å². The van der Waals surface area contributed by atoms with Gasteiger partial charge in [-0.3, -0.25) is 0 Å².